The molecule has 0 spiro atoms. The van der Waals surface area contributed by atoms with Crippen LogP contribution >= 0.6 is 0 Å². The minimum Gasteiger partial charge on any atom is -0.294 e. The molecule has 2 rings (SSSR count). The molecule has 5 nitrogen and oxygen atoms in total. The summed E-state index contributed by atoms with van der Waals surface area (Å²) in [5.74, 6) is -0.248. The quantitative estimate of drug-likeness (QED) is 0.367. The van der Waals surface area contributed by atoms with Gasteiger partial charge in [0.05, 0.1) is 11.7 Å². The molecule has 1 heterocycles. The van der Waals surface area contributed by atoms with Crippen LogP contribution in [0.5, 0.6) is 0 Å². The summed E-state index contributed by atoms with van der Waals surface area (Å²) >= 11 is 0. The van der Waals surface area contributed by atoms with E-state index in [9.17, 15) is 9.59 Å². The number of H-pyrrole nitrogens is 1. The van der Waals surface area contributed by atoms with Crippen LogP contribution in [0.2, 0.25) is 0 Å². The Kier molecular flexibility index (Phi) is 5.36. The van der Waals surface area contributed by atoms with Crippen molar-refractivity contribution in [3.8, 4) is 0 Å². The molecule has 0 unspecified atom stereocenters. The molecule has 118 valence electrons. The topological polar surface area (TPSA) is 75.2 Å². The predicted octanol–water partition coefficient (Wildman–Crippen LogP) is 3.65. The number of Topliss-reactive ketones (excluding diaryl/α,β-unsaturated/α-hetero) is 2. The van der Waals surface area contributed by atoms with Crippen LogP contribution in [0.3, 0.4) is 0 Å². The van der Waals surface area contributed by atoms with Crippen molar-refractivity contribution in [2.75, 3.05) is 0 Å². The van der Waals surface area contributed by atoms with Crippen molar-refractivity contribution in [2.24, 2.45) is 4.99 Å². The van der Waals surface area contributed by atoms with Gasteiger partial charge in [0.2, 0.25) is 0 Å². The van der Waals surface area contributed by atoms with E-state index >= 15 is 0 Å². The zero-order valence-corrected chi connectivity index (χ0v) is 13.3. The first-order chi connectivity index (χ1) is 11.1. The van der Waals surface area contributed by atoms with Crippen LogP contribution in [0.1, 0.15) is 37.0 Å². The van der Waals surface area contributed by atoms with Crippen LogP contribution in [-0.2, 0) is 4.79 Å². The number of aromatic nitrogens is 2. The van der Waals surface area contributed by atoms with E-state index < -0.39 is 0 Å². The summed E-state index contributed by atoms with van der Waals surface area (Å²) in [6.45, 7) is 7.11. The lowest BCUT2D eigenvalue weighted by Crippen LogP contribution is -2.07. The zero-order chi connectivity index (χ0) is 16.8. The van der Waals surface area contributed by atoms with Crippen molar-refractivity contribution in [3.63, 3.8) is 0 Å². The van der Waals surface area contributed by atoms with E-state index in [1.54, 1.807) is 31.3 Å². The number of allylic oxidation sites excluding steroid dienone is 4. The van der Waals surface area contributed by atoms with Crippen molar-refractivity contribution in [3.05, 3.63) is 53.4 Å². The lowest BCUT2D eigenvalue weighted by atomic mass is 10.0. The van der Waals surface area contributed by atoms with Crippen molar-refractivity contribution < 1.29 is 9.59 Å². The van der Waals surface area contributed by atoms with Crippen LogP contribution in [0.15, 0.2) is 52.8 Å². The molecule has 2 aromatic rings. The van der Waals surface area contributed by atoms with Gasteiger partial charge in [-0.25, -0.2) is 0 Å². The van der Waals surface area contributed by atoms with Gasteiger partial charge in [-0.3, -0.25) is 19.7 Å². The number of nitrogens with one attached hydrogen (secondary N) is 1. The fourth-order valence-corrected chi connectivity index (χ4v) is 2.37. The molecule has 0 aliphatic heterocycles. The van der Waals surface area contributed by atoms with Gasteiger partial charge in [-0.05, 0) is 44.3 Å². The normalized spacial score (nSPS) is 12.4. The molecule has 0 radical (unpaired) electrons. The average molecular weight is 309 g/mol. The molecule has 0 aliphatic carbocycles. The van der Waals surface area contributed by atoms with E-state index in [1.165, 1.54) is 0 Å². The van der Waals surface area contributed by atoms with Gasteiger partial charge >= 0.3 is 0 Å². The Labute approximate surface area is 134 Å². The van der Waals surface area contributed by atoms with E-state index in [4.69, 9.17) is 0 Å². The van der Waals surface area contributed by atoms with Gasteiger partial charge < -0.3 is 0 Å². The number of hydrogen-bond donors (Lipinski definition) is 1. The molecular formula is C18H19N3O2. The first kappa shape index (κ1) is 16.5. The SMILES string of the molecule is C=N/C(C(=O)CCC(=O)c1ccc2[nH]ncc2c1)=C(C)\C=C/C. The molecule has 0 saturated carbocycles. The molecule has 0 fully saturated rings. The largest absolute Gasteiger partial charge is 0.294 e. The van der Waals surface area contributed by atoms with E-state index in [0.29, 0.717) is 11.3 Å². The standard InChI is InChI=1S/C18H19N3O2/c1-4-5-12(2)18(19-3)17(23)9-8-16(22)13-6-7-15-14(10-13)11-20-21-15/h4-7,10-11H,3,8-9H2,1-2H3,(H,20,21)/b5-4-,18-12-. The van der Waals surface area contributed by atoms with Gasteiger partial charge in [-0.15, -0.1) is 0 Å². The van der Waals surface area contributed by atoms with Gasteiger partial charge in [0, 0.05) is 23.8 Å². The number of nitrogens with zero attached hydrogens (tertiary/aromatic N) is 2. The van der Waals surface area contributed by atoms with Crippen LogP contribution in [-0.4, -0.2) is 28.5 Å². The number of carbonyl (C=O) groups excluding carboxylic acids is 2. The second-order valence-corrected chi connectivity index (χ2v) is 5.21. The number of hydrogen-bond acceptors (Lipinski definition) is 4. The number of aromatic amines is 1. The number of ketones is 2. The molecule has 0 aliphatic rings. The molecule has 1 aromatic carbocycles. The average Bonchev–Trinajstić information content (AvgIpc) is 3.01. The smallest absolute Gasteiger partial charge is 0.181 e. The third kappa shape index (κ3) is 3.88. The minimum absolute atomic E-state index is 0.0754. The summed E-state index contributed by atoms with van der Waals surface area (Å²) in [6.07, 6.45) is 5.56. The Morgan fingerprint density at radius 3 is 2.83 bits per heavy atom. The molecular weight excluding hydrogens is 290 g/mol. The molecule has 1 N–H and O–H groups in total. The monoisotopic (exact) mass is 309 g/mol. The maximum absolute atomic E-state index is 12.3. The summed E-state index contributed by atoms with van der Waals surface area (Å²) < 4.78 is 0. The van der Waals surface area contributed by atoms with E-state index in [-0.39, 0.29) is 24.4 Å². The first-order valence-corrected chi connectivity index (χ1v) is 7.36. The summed E-state index contributed by atoms with van der Waals surface area (Å²) in [5, 5.41) is 7.63. The van der Waals surface area contributed by atoms with Crippen molar-refractivity contribution in [1.29, 1.82) is 0 Å². The van der Waals surface area contributed by atoms with Crippen molar-refractivity contribution >= 4 is 29.2 Å². The Hall–Kier alpha value is -2.82. The van der Waals surface area contributed by atoms with Crippen molar-refractivity contribution in [1.82, 2.24) is 10.2 Å². The number of rotatable bonds is 7. The number of benzene rings is 1. The lowest BCUT2D eigenvalue weighted by molar-refractivity contribution is -0.115. The summed E-state index contributed by atoms with van der Waals surface area (Å²) in [7, 11) is 0. The van der Waals surface area contributed by atoms with Gasteiger partial charge in [0.25, 0.3) is 0 Å². The van der Waals surface area contributed by atoms with Gasteiger partial charge in [0.1, 0.15) is 5.70 Å². The van der Waals surface area contributed by atoms with E-state index in [2.05, 4.69) is 21.9 Å². The summed E-state index contributed by atoms with van der Waals surface area (Å²) in [5.41, 5.74) is 2.52. The molecule has 1 aromatic heterocycles. The van der Waals surface area contributed by atoms with E-state index in [1.807, 2.05) is 19.1 Å². The van der Waals surface area contributed by atoms with Crippen LogP contribution < -0.4 is 0 Å². The number of aliphatic imine (C=N–C) groups is 1. The van der Waals surface area contributed by atoms with Gasteiger partial charge in [-0.1, -0.05) is 12.2 Å². The molecule has 0 amide bonds. The van der Waals surface area contributed by atoms with Gasteiger partial charge in [0.15, 0.2) is 11.6 Å². The predicted molar refractivity (Wildman–Crippen MR) is 91.7 cm³/mol. The number of fused-ring (bicyclic) bond motifs is 1. The van der Waals surface area contributed by atoms with Gasteiger partial charge in [-0.2, -0.15) is 5.10 Å². The molecule has 5 heteroatoms. The van der Waals surface area contributed by atoms with Crippen LogP contribution in [0.4, 0.5) is 0 Å². The highest BCUT2D eigenvalue weighted by Gasteiger charge is 2.14. The van der Waals surface area contributed by atoms with Crippen LogP contribution in [0, 0.1) is 0 Å². The Balaban J connectivity index is 2.07. The fraction of sp³-hybridized carbons (Fsp3) is 0.222. The third-order valence-electron chi connectivity index (χ3n) is 3.55. The highest BCUT2D eigenvalue weighted by atomic mass is 16.1. The number of carbonyl (C=O) groups is 2. The van der Waals surface area contributed by atoms with Crippen LogP contribution in [0.25, 0.3) is 10.9 Å². The Morgan fingerprint density at radius 1 is 1.35 bits per heavy atom. The lowest BCUT2D eigenvalue weighted by Gasteiger charge is -2.04. The maximum Gasteiger partial charge on any atom is 0.181 e. The second kappa shape index (κ2) is 7.45. The maximum atomic E-state index is 12.3. The van der Waals surface area contributed by atoms with E-state index in [0.717, 1.165) is 16.5 Å². The highest BCUT2D eigenvalue weighted by molar-refractivity contribution is 6.03. The summed E-state index contributed by atoms with van der Waals surface area (Å²) in [6, 6.07) is 5.32. The molecule has 0 atom stereocenters. The zero-order valence-electron chi connectivity index (χ0n) is 13.3. The first-order valence-electron chi connectivity index (χ1n) is 7.36. The minimum atomic E-state index is -0.173. The molecule has 23 heavy (non-hydrogen) atoms. The fourth-order valence-electron chi connectivity index (χ4n) is 2.37. The Bertz CT molecular complexity index is 813. The third-order valence-corrected chi connectivity index (χ3v) is 3.55. The summed E-state index contributed by atoms with van der Waals surface area (Å²) in [4.78, 5) is 28.3. The highest BCUT2D eigenvalue weighted by Crippen LogP contribution is 2.17. The van der Waals surface area contributed by atoms with Crippen molar-refractivity contribution in [2.45, 2.75) is 26.7 Å². The second-order valence-electron chi connectivity index (χ2n) is 5.21. The Morgan fingerprint density at radius 2 is 2.13 bits per heavy atom. The molecule has 0 bridgehead atoms. The molecule has 0 saturated heterocycles.